The maximum Gasteiger partial charge on any atom is 0.164 e. The van der Waals surface area contributed by atoms with Crippen molar-refractivity contribution in [1.29, 1.82) is 0 Å². The lowest BCUT2D eigenvalue weighted by atomic mass is 9.63. The summed E-state index contributed by atoms with van der Waals surface area (Å²) in [6, 6.07) is 70.3. The van der Waals surface area contributed by atoms with Gasteiger partial charge in [0.2, 0.25) is 0 Å². The maximum atomic E-state index is 5.45. The predicted octanol–water partition coefficient (Wildman–Crippen LogP) is 14.7. The Balaban J connectivity index is 1.08. The maximum absolute atomic E-state index is 5.45. The molecule has 2 aromatic heterocycles. The monoisotopic (exact) mass is 824 g/mol. The summed E-state index contributed by atoms with van der Waals surface area (Å²) in [7, 11) is 0. The van der Waals surface area contributed by atoms with Gasteiger partial charge in [0.15, 0.2) is 17.5 Å². The zero-order valence-corrected chi connectivity index (χ0v) is 36.7. The summed E-state index contributed by atoms with van der Waals surface area (Å²) in [5.41, 5.74) is 16.2. The molecule has 308 valence electrons. The summed E-state index contributed by atoms with van der Waals surface area (Å²) >= 11 is 0. The van der Waals surface area contributed by atoms with E-state index in [2.05, 4.69) is 208 Å². The van der Waals surface area contributed by atoms with Gasteiger partial charge < -0.3 is 4.57 Å². The van der Waals surface area contributed by atoms with Crippen LogP contribution in [-0.4, -0.2) is 19.5 Å². The Morgan fingerprint density at radius 2 is 0.922 bits per heavy atom. The zero-order chi connectivity index (χ0) is 43.2. The Labute approximate surface area is 375 Å². The fourth-order valence-electron chi connectivity index (χ4n) is 11.1. The Bertz CT molecular complexity index is 3400. The van der Waals surface area contributed by atoms with Crippen LogP contribution >= 0.6 is 0 Å². The van der Waals surface area contributed by atoms with Crippen LogP contribution in [0.4, 0.5) is 0 Å². The zero-order valence-electron chi connectivity index (χ0n) is 36.7. The number of rotatable bonds is 6. The van der Waals surface area contributed by atoms with Gasteiger partial charge in [-0.1, -0.05) is 191 Å². The molecule has 64 heavy (non-hydrogen) atoms. The minimum atomic E-state index is -0.538. The van der Waals surface area contributed by atoms with E-state index in [0.717, 1.165) is 34.4 Å². The van der Waals surface area contributed by atoms with Crippen molar-refractivity contribution < 1.29 is 0 Å². The van der Waals surface area contributed by atoms with Crippen molar-refractivity contribution in [3.8, 4) is 51.0 Å². The largest absolute Gasteiger partial charge is 0.309 e. The number of nitrogens with zero attached hydrogens (tertiary/aromatic N) is 4. The summed E-state index contributed by atoms with van der Waals surface area (Å²) in [5.74, 6) is 1.92. The first kappa shape index (κ1) is 38.3. The van der Waals surface area contributed by atoms with Gasteiger partial charge in [-0.05, 0) is 98.5 Å². The van der Waals surface area contributed by atoms with E-state index in [9.17, 15) is 0 Å². The lowest BCUT2D eigenvalue weighted by Crippen LogP contribution is -2.33. The van der Waals surface area contributed by atoms with Crippen molar-refractivity contribution in [3.05, 3.63) is 228 Å². The van der Waals surface area contributed by atoms with Crippen molar-refractivity contribution in [2.24, 2.45) is 0 Å². The third kappa shape index (κ3) is 5.71. The molecular formula is C60H48N4. The summed E-state index contributed by atoms with van der Waals surface area (Å²) in [4.78, 5) is 16.1. The molecule has 12 rings (SSSR count). The highest BCUT2D eigenvalue weighted by Gasteiger charge is 2.47. The molecule has 0 saturated heterocycles. The van der Waals surface area contributed by atoms with Gasteiger partial charge in [0.25, 0.3) is 0 Å². The Morgan fingerprint density at radius 3 is 1.64 bits per heavy atom. The predicted molar refractivity (Wildman–Crippen MR) is 263 cm³/mol. The topological polar surface area (TPSA) is 43.6 Å². The fraction of sp³-hybridized carbons (Fsp3) is 0.150. The summed E-state index contributed by atoms with van der Waals surface area (Å²) in [6.07, 6.45) is 2.34. The molecule has 8 aromatic carbocycles. The molecule has 0 radical (unpaired) electrons. The van der Waals surface area contributed by atoms with Gasteiger partial charge in [-0.15, -0.1) is 0 Å². The molecule has 0 spiro atoms. The van der Waals surface area contributed by atoms with Crippen molar-refractivity contribution >= 4 is 21.8 Å². The Kier molecular flexibility index (Phi) is 8.55. The molecule has 0 bridgehead atoms. The molecule has 0 saturated carbocycles. The first-order valence-electron chi connectivity index (χ1n) is 22.6. The van der Waals surface area contributed by atoms with Gasteiger partial charge in [0.1, 0.15) is 0 Å². The molecular weight excluding hydrogens is 777 g/mol. The molecule has 4 nitrogen and oxygen atoms in total. The highest BCUT2D eigenvalue weighted by atomic mass is 15.0. The minimum absolute atomic E-state index is 0.0806. The summed E-state index contributed by atoms with van der Waals surface area (Å²) in [6.45, 7) is 9.64. The van der Waals surface area contributed by atoms with Gasteiger partial charge in [-0.25, -0.2) is 15.0 Å². The standard InChI is InChI=1S/C60H48N4/c1-58(2)34-35-59(3,4)51-38-53-47(37-50(51)58)44-28-15-17-33-52(44)64(53)43-27-18-22-40(36-43)56-61-55(39-20-8-5-9-21-39)62-57(63-56)46-30-19-32-49-54(46)45-29-14-16-31-48(45)60(49,41-23-10-6-11-24-41)42-25-12-7-13-26-42/h5-33,36-38H,34-35H2,1-4H3. The smallest absolute Gasteiger partial charge is 0.164 e. The van der Waals surface area contributed by atoms with E-state index in [1.807, 2.05) is 18.2 Å². The molecule has 0 amide bonds. The van der Waals surface area contributed by atoms with E-state index in [-0.39, 0.29) is 10.8 Å². The van der Waals surface area contributed by atoms with Crippen molar-refractivity contribution in [3.63, 3.8) is 0 Å². The third-order valence-electron chi connectivity index (χ3n) is 14.4. The van der Waals surface area contributed by atoms with E-state index in [0.29, 0.717) is 17.5 Å². The molecule has 2 aliphatic rings. The molecule has 10 aromatic rings. The van der Waals surface area contributed by atoms with E-state index < -0.39 is 5.41 Å². The van der Waals surface area contributed by atoms with Crippen LogP contribution < -0.4 is 0 Å². The minimum Gasteiger partial charge on any atom is -0.309 e. The average molecular weight is 825 g/mol. The molecule has 2 aliphatic carbocycles. The van der Waals surface area contributed by atoms with Gasteiger partial charge in [0, 0.05) is 33.2 Å². The summed E-state index contributed by atoms with van der Waals surface area (Å²) < 4.78 is 2.44. The van der Waals surface area contributed by atoms with Crippen molar-refractivity contribution in [2.75, 3.05) is 0 Å². The SMILES string of the molecule is CC1(C)CCC(C)(C)c2cc3c(cc21)c1ccccc1n3-c1cccc(-c2nc(-c3ccccc3)nc(-c3cccc4c3-c3ccccc3C4(c3ccccc3)c3ccccc3)n2)c1. The first-order valence-corrected chi connectivity index (χ1v) is 22.6. The second kappa shape index (κ2) is 14.3. The average Bonchev–Trinajstić information content (AvgIpc) is 3.84. The van der Waals surface area contributed by atoms with E-state index >= 15 is 0 Å². The number of fused-ring (bicyclic) bond motifs is 7. The number of para-hydroxylation sites is 1. The van der Waals surface area contributed by atoms with E-state index in [4.69, 9.17) is 15.0 Å². The number of hydrogen-bond acceptors (Lipinski definition) is 3. The molecule has 0 atom stereocenters. The van der Waals surface area contributed by atoms with Gasteiger partial charge in [0.05, 0.1) is 16.4 Å². The number of benzene rings is 8. The van der Waals surface area contributed by atoms with Crippen LogP contribution in [0.2, 0.25) is 0 Å². The quantitative estimate of drug-likeness (QED) is 0.168. The first-order chi connectivity index (χ1) is 31.2. The third-order valence-corrected chi connectivity index (χ3v) is 14.4. The van der Waals surface area contributed by atoms with Gasteiger partial charge in [-0.3, -0.25) is 0 Å². The van der Waals surface area contributed by atoms with Crippen LogP contribution in [0.1, 0.15) is 73.9 Å². The molecule has 4 heteroatoms. The second-order valence-corrected chi connectivity index (χ2v) is 19.0. The second-order valence-electron chi connectivity index (χ2n) is 19.0. The molecule has 2 heterocycles. The summed E-state index contributed by atoms with van der Waals surface area (Å²) in [5, 5.41) is 2.55. The van der Waals surface area contributed by atoms with Crippen LogP contribution in [0.15, 0.2) is 194 Å². The van der Waals surface area contributed by atoms with Gasteiger partial charge >= 0.3 is 0 Å². The lowest BCUT2D eigenvalue weighted by Gasteiger charge is -2.42. The lowest BCUT2D eigenvalue weighted by molar-refractivity contribution is 0.332. The molecule has 0 fully saturated rings. The Hall–Kier alpha value is -7.43. The highest BCUT2D eigenvalue weighted by molar-refractivity contribution is 6.10. The number of aromatic nitrogens is 4. The normalized spacial score (nSPS) is 15.4. The number of hydrogen-bond donors (Lipinski definition) is 0. The highest BCUT2D eigenvalue weighted by Crippen LogP contribution is 2.58. The van der Waals surface area contributed by atoms with Crippen LogP contribution in [-0.2, 0) is 16.2 Å². The fourth-order valence-corrected chi connectivity index (χ4v) is 11.1. The Morgan fingerprint density at radius 1 is 0.391 bits per heavy atom. The molecule has 0 unspecified atom stereocenters. The van der Waals surface area contributed by atoms with E-state index in [1.165, 1.54) is 67.2 Å². The van der Waals surface area contributed by atoms with Crippen molar-refractivity contribution in [1.82, 2.24) is 19.5 Å². The van der Waals surface area contributed by atoms with Crippen LogP contribution in [0.3, 0.4) is 0 Å². The van der Waals surface area contributed by atoms with E-state index in [1.54, 1.807) is 0 Å². The van der Waals surface area contributed by atoms with Crippen LogP contribution in [0.5, 0.6) is 0 Å². The van der Waals surface area contributed by atoms with Gasteiger partial charge in [-0.2, -0.15) is 0 Å². The van der Waals surface area contributed by atoms with Crippen LogP contribution in [0, 0.1) is 0 Å². The molecule has 0 N–H and O–H groups in total. The molecule has 0 aliphatic heterocycles. The van der Waals surface area contributed by atoms with Crippen LogP contribution in [0.25, 0.3) is 72.8 Å². The van der Waals surface area contributed by atoms with Crippen molar-refractivity contribution in [2.45, 2.75) is 56.8 Å².